The average Bonchev–Trinajstić information content (AvgIpc) is 2.94. The number of amidine groups is 2. The molecular formula is C28H25F5N6O2S. The van der Waals surface area contributed by atoms with Crippen molar-refractivity contribution in [2.24, 2.45) is 25.9 Å². The van der Waals surface area contributed by atoms with Crippen molar-refractivity contribution in [3.05, 3.63) is 83.9 Å². The molecule has 2 N–H and O–H groups in total. The number of nitrogens with zero attached hydrogens (tertiary/aromatic N) is 5. The molecule has 4 rings (SSSR count). The van der Waals surface area contributed by atoms with Crippen molar-refractivity contribution in [2.45, 2.75) is 32.4 Å². The Bertz CT molecular complexity index is 1460. The second-order valence-corrected chi connectivity index (χ2v) is 9.81. The van der Waals surface area contributed by atoms with E-state index in [1.165, 1.54) is 36.3 Å². The first kappa shape index (κ1) is 30.5. The third-order valence-corrected chi connectivity index (χ3v) is 6.76. The van der Waals surface area contributed by atoms with E-state index in [2.05, 4.69) is 24.9 Å². The van der Waals surface area contributed by atoms with Crippen LogP contribution in [0.2, 0.25) is 0 Å². The van der Waals surface area contributed by atoms with Gasteiger partial charge < -0.3 is 20.1 Å². The smallest absolute Gasteiger partial charge is 0.433 e. The van der Waals surface area contributed by atoms with Gasteiger partial charge in [0.1, 0.15) is 23.7 Å². The maximum atomic E-state index is 13.0. The zero-order valence-electron chi connectivity index (χ0n) is 22.1. The van der Waals surface area contributed by atoms with Gasteiger partial charge >= 0.3 is 13.0 Å². The summed E-state index contributed by atoms with van der Waals surface area (Å²) in [5, 5.41) is 9.13. The van der Waals surface area contributed by atoms with Crippen molar-refractivity contribution in [2.75, 3.05) is 10.7 Å². The Kier molecular flexibility index (Phi) is 10.1. The van der Waals surface area contributed by atoms with Gasteiger partial charge in [0.25, 0.3) is 0 Å². The molecule has 0 amide bonds. The van der Waals surface area contributed by atoms with Crippen LogP contribution in [-0.2, 0) is 0 Å². The molecule has 3 aromatic rings. The van der Waals surface area contributed by atoms with E-state index >= 15 is 0 Å². The molecule has 3 aromatic carbocycles. The number of anilines is 1. The minimum absolute atomic E-state index is 0.00419. The van der Waals surface area contributed by atoms with Gasteiger partial charge in [-0.3, -0.25) is 0 Å². The Morgan fingerprint density at radius 2 is 1.76 bits per heavy atom. The average molecular weight is 605 g/mol. The monoisotopic (exact) mass is 604 g/mol. The molecule has 0 aliphatic carbocycles. The van der Waals surface area contributed by atoms with Crippen LogP contribution in [0.3, 0.4) is 0 Å². The lowest BCUT2D eigenvalue weighted by molar-refractivity contribution is -0.274. The molecule has 0 bridgehead atoms. The van der Waals surface area contributed by atoms with E-state index in [0.717, 1.165) is 29.9 Å². The van der Waals surface area contributed by atoms with Crippen LogP contribution >= 0.6 is 11.8 Å². The molecular weight excluding hydrogens is 579 g/mol. The van der Waals surface area contributed by atoms with E-state index < -0.39 is 13.0 Å². The topological polar surface area (TPSA) is 97.2 Å². The van der Waals surface area contributed by atoms with Crippen molar-refractivity contribution in [3.63, 3.8) is 0 Å². The number of rotatable bonds is 9. The van der Waals surface area contributed by atoms with Gasteiger partial charge in [-0.05, 0) is 55.3 Å². The molecule has 1 unspecified atom stereocenters. The van der Waals surface area contributed by atoms with Crippen LogP contribution in [0.4, 0.5) is 33.3 Å². The SMILES string of the molecule is CC1CCS/C(=N\N=C\c2ccc(C(N)=NC=Nc3ccc(OC(F)(F)F)cc3)cc2)N1c1ccccc1OC(F)F. The third kappa shape index (κ3) is 8.77. The summed E-state index contributed by atoms with van der Waals surface area (Å²) in [7, 11) is 0. The summed E-state index contributed by atoms with van der Waals surface area (Å²) in [6.45, 7) is -0.967. The number of halogens is 5. The number of hydrogen-bond acceptors (Lipinski definition) is 6. The van der Waals surface area contributed by atoms with Gasteiger partial charge in [-0.15, -0.1) is 18.3 Å². The molecule has 8 nitrogen and oxygen atoms in total. The van der Waals surface area contributed by atoms with Gasteiger partial charge in [-0.1, -0.05) is 48.2 Å². The molecule has 42 heavy (non-hydrogen) atoms. The quantitative estimate of drug-likeness (QED) is 0.123. The Hall–Kier alpha value is -4.46. The highest BCUT2D eigenvalue weighted by Gasteiger charge is 2.31. The van der Waals surface area contributed by atoms with Gasteiger partial charge in [0.05, 0.1) is 17.6 Å². The lowest BCUT2D eigenvalue weighted by Gasteiger charge is -2.35. The largest absolute Gasteiger partial charge is 0.573 e. The predicted molar refractivity (Wildman–Crippen MR) is 156 cm³/mol. The van der Waals surface area contributed by atoms with Crippen molar-refractivity contribution in [1.82, 2.24) is 0 Å². The van der Waals surface area contributed by atoms with Crippen molar-refractivity contribution < 1.29 is 31.4 Å². The fourth-order valence-electron chi connectivity index (χ4n) is 3.83. The van der Waals surface area contributed by atoms with E-state index in [1.807, 2.05) is 11.8 Å². The van der Waals surface area contributed by atoms with Crippen LogP contribution in [-0.4, -0.2) is 48.3 Å². The fraction of sp³-hybridized carbons (Fsp3) is 0.214. The number of hydrogen-bond donors (Lipinski definition) is 1. The van der Waals surface area contributed by atoms with E-state index in [1.54, 1.807) is 48.7 Å². The zero-order chi connectivity index (χ0) is 30.1. The zero-order valence-corrected chi connectivity index (χ0v) is 22.9. The Morgan fingerprint density at radius 3 is 2.45 bits per heavy atom. The molecule has 1 aliphatic heterocycles. The first-order valence-corrected chi connectivity index (χ1v) is 13.5. The highest BCUT2D eigenvalue weighted by Crippen LogP contribution is 2.36. The molecule has 1 aliphatic rings. The summed E-state index contributed by atoms with van der Waals surface area (Å²) < 4.78 is 71.3. The molecule has 0 spiro atoms. The standard InChI is InChI=1S/C28H25F5N6O2S/c1-18-14-15-42-27(39(18)23-4-2-3-5-24(23)40-26(29)30)38-37-16-19-6-8-20(9-7-19)25(34)36-17-35-21-10-12-22(13-11-21)41-28(31,32)33/h2-13,16-18,26H,14-15H2,1H3,(H2,34,35,36)/b37-16+,38-27-. The molecule has 1 atom stereocenters. The Morgan fingerprint density at radius 1 is 1.05 bits per heavy atom. The van der Waals surface area contributed by atoms with Crippen LogP contribution in [0.5, 0.6) is 11.5 Å². The Balaban J connectivity index is 1.41. The van der Waals surface area contributed by atoms with Crippen LogP contribution in [0.15, 0.2) is 93.0 Å². The summed E-state index contributed by atoms with van der Waals surface area (Å²) in [6.07, 6.45) is -1.19. The summed E-state index contributed by atoms with van der Waals surface area (Å²) in [4.78, 5) is 9.96. The van der Waals surface area contributed by atoms with Crippen LogP contribution < -0.4 is 20.1 Å². The van der Waals surface area contributed by atoms with E-state index in [4.69, 9.17) is 10.5 Å². The van der Waals surface area contributed by atoms with Gasteiger partial charge in [0, 0.05) is 17.4 Å². The Labute approximate surface area is 242 Å². The second-order valence-electron chi connectivity index (χ2n) is 8.75. The number of thioether (sulfide) groups is 1. The van der Waals surface area contributed by atoms with Crippen LogP contribution in [0.25, 0.3) is 0 Å². The van der Waals surface area contributed by atoms with E-state index in [-0.39, 0.29) is 23.4 Å². The second kappa shape index (κ2) is 13.9. The minimum atomic E-state index is -4.77. The fourth-order valence-corrected chi connectivity index (χ4v) is 4.99. The summed E-state index contributed by atoms with van der Waals surface area (Å²) in [5.41, 5.74) is 8.21. The van der Waals surface area contributed by atoms with Gasteiger partial charge in [0.2, 0.25) is 0 Å². The number of para-hydroxylation sites is 2. The lowest BCUT2D eigenvalue weighted by Crippen LogP contribution is -2.41. The predicted octanol–water partition coefficient (Wildman–Crippen LogP) is 6.97. The maximum Gasteiger partial charge on any atom is 0.573 e. The van der Waals surface area contributed by atoms with E-state index in [9.17, 15) is 22.0 Å². The molecule has 0 radical (unpaired) electrons. The molecule has 220 valence electrons. The number of benzene rings is 3. The van der Waals surface area contributed by atoms with Gasteiger partial charge in [-0.2, -0.15) is 13.9 Å². The van der Waals surface area contributed by atoms with Crippen LogP contribution in [0, 0.1) is 0 Å². The molecule has 0 saturated carbocycles. The van der Waals surface area contributed by atoms with Crippen molar-refractivity contribution in [3.8, 4) is 11.5 Å². The normalized spacial score (nSPS) is 17.5. The minimum Gasteiger partial charge on any atom is -0.433 e. The summed E-state index contributed by atoms with van der Waals surface area (Å²) in [6, 6.07) is 18.5. The molecule has 14 heteroatoms. The highest BCUT2D eigenvalue weighted by molar-refractivity contribution is 8.14. The molecule has 1 saturated heterocycles. The first-order chi connectivity index (χ1) is 20.1. The number of alkyl halides is 5. The van der Waals surface area contributed by atoms with Crippen LogP contribution in [0.1, 0.15) is 24.5 Å². The third-order valence-electron chi connectivity index (χ3n) is 5.78. The maximum absolute atomic E-state index is 13.0. The summed E-state index contributed by atoms with van der Waals surface area (Å²) >= 11 is 1.47. The number of aliphatic imine (C=N–C) groups is 2. The van der Waals surface area contributed by atoms with Gasteiger partial charge in [0.15, 0.2) is 5.17 Å². The first-order valence-electron chi connectivity index (χ1n) is 12.5. The molecule has 1 heterocycles. The molecule has 1 fully saturated rings. The van der Waals surface area contributed by atoms with Crippen molar-refractivity contribution in [1.29, 1.82) is 0 Å². The van der Waals surface area contributed by atoms with Gasteiger partial charge in [-0.25, -0.2) is 9.98 Å². The lowest BCUT2D eigenvalue weighted by atomic mass is 10.1. The highest BCUT2D eigenvalue weighted by atomic mass is 32.2. The molecule has 0 aromatic heterocycles. The van der Waals surface area contributed by atoms with E-state index in [0.29, 0.717) is 22.1 Å². The van der Waals surface area contributed by atoms with Crippen molar-refractivity contribution >= 4 is 46.7 Å². The number of ether oxygens (including phenoxy) is 2. The number of nitrogens with two attached hydrogens (primary N) is 1. The summed E-state index contributed by atoms with van der Waals surface area (Å²) in [5.74, 6) is 0.686.